The van der Waals surface area contributed by atoms with E-state index in [0.29, 0.717) is 36.1 Å². The van der Waals surface area contributed by atoms with Gasteiger partial charge in [-0.05, 0) is 75.8 Å². The number of nitrogens with zero attached hydrogens (tertiary/aromatic N) is 1. The summed E-state index contributed by atoms with van der Waals surface area (Å²) >= 11 is 4.02. The minimum Gasteiger partial charge on any atom is -0.494 e. The Hall–Kier alpha value is -3.00. The van der Waals surface area contributed by atoms with Crippen molar-refractivity contribution in [2.75, 3.05) is 11.9 Å². The topological polar surface area (TPSA) is 76.9 Å². The maximum absolute atomic E-state index is 12.9. The van der Waals surface area contributed by atoms with Gasteiger partial charge in [0.15, 0.2) is 5.78 Å². The van der Waals surface area contributed by atoms with Crippen LogP contribution < -0.4 is 10.1 Å². The quantitative estimate of drug-likeness (QED) is 0.0562. The van der Waals surface area contributed by atoms with E-state index in [2.05, 4.69) is 24.3 Å². The Balaban J connectivity index is 1.32. The summed E-state index contributed by atoms with van der Waals surface area (Å²) in [6, 6.07) is 11.7. The molecule has 0 saturated heterocycles. The average Bonchev–Trinajstić information content (AvgIpc) is 2.99. The van der Waals surface area contributed by atoms with Crippen LogP contribution in [0.5, 0.6) is 5.75 Å². The van der Waals surface area contributed by atoms with Crippen LogP contribution in [0.3, 0.4) is 0 Å². The fraction of sp³-hybridized carbons (Fsp3) is 0.545. The Kier molecular flexibility index (Phi) is 9.58. The van der Waals surface area contributed by atoms with Crippen molar-refractivity contribution in [2.45, 2.75) is 96.5 Å². The number of thiol groups is 1. The molecule has 1 heterocycles. The van der Waals surface area contributed by atoms with Gasteiger partial charge in [0.25, 0.3) is 5.69 Å². The largest absolute Gasteiger partial charge is 0.494 e. The zero-order valence-corrected chi connectivity index (χ0v) is 25.2. The van der Waals surface area contributed by atoms with Crippen LogP contribution in [0.25, 0.3) is 0 Å². The number of hydrogen-bond acceptors (Lipinski definition) is 6. The number of unbranched alkanes of at least 4 members (excludes halogenated alkanes) is 1. The number of carbonyl (C=O) groups excluding carboxylic acids is 2. The molecule has 5 rings (SSSR count). The Bertz CT molecular complexity index is 1260. The number of cyclic esters (lactones) is 1. The smallest absolute Gasteiger partial charge is 0.412 e. The molecule has 8 heteroatoms. The first-order valence-corrected chi connectivity index (χ1v) is 15.6. The number of fused-ring (bicyclic) bond motifs is 1. The molecular formula is C33H43N2O5S+. The molecule has 0 atom stereocenters. The normalized spacial score (nSPS) is 19.6. The molecule has 7 nitrogen and oxygen atoms in total. The second-order valence-corrected chi connectivity index (χ2v) is 12.0. The number of aryl methyl sites for hydroxylation is 1. The van der Waals surface area contributed by atoms with Crippen molar-refractivity contribution in [2.24, 2.45) is 11.8 Å². The number of anilines is 1. The minimum absolute atomic E-state index is 0.0269. The van der Waals surface area contributed by atoms with E-state index in [9.17, 15) is 9.59 Å². The van der Waals surface area contributed by atoms with Crippen molar-refractivity contribution < 1.29 is 28.1 Å². The number of hydrogen-bond donors (Lipinski definition) is 2. The highest BCUT2D eigenvalue weighted by Gasteiger charge is 2.53. The molecule has 41 heavy (non-hydrogen) atoms. The fourth-order valence-corrected chi connectivity index (χ4v) is 7.33. The fourth-order valence-electron chi connectivity index (χ4n) is 7.17. The summed E-state index contributed by atoms with van der Waals surface area (Å²) in [5, 5.41) is 2.97. The molecule has 2 aliphatic carbocycles. The van der Waals surface area contributed by atoms with Gasteiger partial charge in [0.1, 0.15) is 24.3 Å². The molecule has 2 aromatic rings. The molecule has 3 aliphatic rings. The average molecular weight is 580 g/mol. The number of ketones is 1. The van der Waals surface area contributed by atoms with E-state index in [-0.39, 0.29) is 11.9 Å². The molecular weight excluding hydrogens is 536 g/mol. The molecule has 0 aromatic heterocycles. The third-order valence-corrected chi connectivity index (χ3v) is 9.28. The van der Waals surface area contributed by atoms with E-state index in [0.717, 1.165) is 54.7 Å². The van der Waals surface area contributed by atoms with E-state index in [4.69, 9.17) is 13.8 Å². The van der Waals surface area contributed by atoms with Gasteiger partial charge in [0, 0.05) is 34.6 Å². The van der Waals surface area contributed by atoms with E-state index < -0.39 is 5.60 Å². The first-order valence-electron chi connectivity index (χ1n) is 15.3. The van der Waals surface area contributed by atoms with Crippen LogP contribution in [-0.4, -0.2) is 29.4 Å². The van der Waals surface area contributed by atoms with Crippen molar-refractivity contribution >= 4 is 42.4 Å². The van der Waals surface area contributed by atoms with Crippen LogP contribution in [0.4, 0.5) is 16.2 Å². The summed E-state index contributed by atoms with van der Waals surface area (Å²) in [6.07, 6.45) is 14.6. The second-order valence-electron chi connectivity index (χ2n) is 11.8. The SMILES string of the molecule is CC(=O)c1cc(C)ccc1[N+](=CCCCOc1ccc2c(c1)C(C1CCCCC1)(C1CCCCC1)OC(=O)N2)OS. The van der Waals surface area contributed by atoms with Gasteiger partial charge in [-0.25, -0.2) is 4.79 Å². The summed E-state index contributed by atoms with van der Waals surface area (Å²) in [6.45, 7) is 4.02. The molecule has 1 aliphatic heterocycles. The summed E-state index contributed by atoms with van der Waals surface area (Å²) in [5.74, 6) is 1.44. The molecule has 2 saturated carbocycles. The van der Waals surface area contributed by atoms with Crippen LogP contribution >= 0.6 is 12.9 Å². The van der Waals surface area contributed by atoms with Gasteiger partial charge in [0.2, 0.25) is 6.21 Å². The second kappa shape index (κ2) is 13.3. The number of carbonyl (C=O) groups is 2. The highest BCUT2D eigenvalue weighted by atomic mass is 32.1. The molecule has 1 amide bonds. The van der Waals surface area contributed by atoms with Crippen LogP contribution in [0.1, 0.15) is 105 Å². The number of amides is 1. The van der Waals surface area contributed by atoms with Crippen LogP contribution in [0, 0.1) is 18.8 Å². The van der Waals surface area contributed by atoms with Crippen LogP contribution in [0.15, 0.2) is 36.4 Å². The lowest BCUT2D eigenvalue weighted by Gasteiger charge is -2.50. The molecule has 0 unspecified atom stereocenters. The summed E-state index contributed by atoms with van der Waals surface area (Å²) in [5.41, 5.74) is 3.63. The standard InChI is InChI=1S/C33H42N2O5S/c1-23-15-18-31(28(21-23)24(2)36)35(40-41)19-9-10-20-38-27-16-17-30-29(22-27)33(39-32(37)34-30,25-11-5-3-6-12-25)26-13-7-4-8-14-26/h15-19,21-22,25-26H,3-14,20H2,1-2H3,(H-,34,37,41)/p+1. The summed E-state index contributed by atoms with van der Waals surface area (Å²) < 4.78 is 19.5. The molecule has 1 N–H and O–H groups in total. The lowest BCUT2D eigenvalue weighted by molar-refractivity contribution is -0.672. The Labute approximate surface area is 249 Å². The van der Waals surface area contributed by atoms with Crippen molar-refractivity contribution in [3.63, 3.8) is 0 Å². The molecule has 0 spiro atoms. The number of benzene rings is 2. The lowest BCUT2D eigenvalue weighted by atomic mass is 9.62. The van der Waals surface area contributed by atoms with Crippen molar-refractivity contribution in [1.29, 1.82) is 0 Å². The summed E-state index contributed by atoms with van der Waals surface area (Å²) in [7, 11) is 0. The van der Waals surface area contributed by atoms with Gasteiger partial charge in [-0.2, -0.15) is 4.28 Å². The highest BCUT2D eigenvalue weighted by molar-refractivity contribution is 7.74. The van der Waals surface area contributed by atoms with Crippen molar-refractivity contribution in [3.05, 3.63) is 53.1 Å². The minimum atomic E-state index is -0.585. The van der Waals surface area contributed by atoms with E-state index in [1.54, 1.807) is 6.92 Å². The van der Waals surface area contributed by atoms with Gasteiger partial charge in [0.05, 0.1) is 17.9 Å². The number of nitrogens with one attached hydrogen (secondary N) is 1. The third kappa shape index (κ3) is 6.42. The first kappa shape index (κ1) is 29.5. The van der Waals surface area contributed by atoms with Gasteiger partial charge in [-0.15, -0.1) is 0 Å². The Morgan fingerprint density at radius 1 is 1.05 bits per heavy atom. The van der Waals surface area contributed by atoms with Crippen molar-refractivity contribution in [1.82, 2.24) is 0 Å². The predicted octanol–water partition coefficient (Wildman–Crippen LogP) is 8.47. The molecule has 0 bridgehead atoms. The van der Waals surface area contributed by atoms with Gasteiger partial charge < -0.3 is 9.47 Å². The van der Waals surface area contributed by atoms with E-state index in [1.807, 2.05) is 43.5 Å². The monoisotopic (exact) mass is 579 g/mol. The first-order chi connectivity index (χ1) is 19.9. The van der Waals surface area contributed by atoms with Gasteiger partial charge >= 0.3 is 6.09 Å². The molecule has 0 radical (unpaired) electrons. The lowest BCUT2D eigenvalue weighted by Crippen LogP contribution is -2.51. The van der Waals surface area contributed by atoms with Crippen LogP contribution in [-0.2, 0) is 14.6 Å². The third-order valence-electron chi connectivity index (χ3n) is 9.10. The molecule has 220 valence electrons. The van der Waals surface area contributed by atoms with Gasteiger partial charge in [-0.3, -0.25) is 10.1 Å². The van der Waals surface area contributed by atoms with E-state index in [1.165, 1.54) is 43.3 Å². The predicted molar refractivity (Wildman–Crippen MR) is 163 cm³/mol. The number of Topliss-reactive ketones (excluding diaryl/α,β-unsaturated/α-hetero) is 1. The number of ether oxygens (including phenoxy) is 2. The summed E-state index contributed by atoms with van der Waals surface area (Å²) in [4.78, 5) is 25.1. The zero-order valence-electron chi connectivity index (χ0n) is 24.3. The maximum Gasteiger partial charge on any atom is 0.412 e. The Morgan fingerprint density at radius 3 is 2.37 bits per heavy atom. The molecule has 2 aromatic carbocycles. The van der Waals surface area contributed by atoms with Crippen LogP contribution in [0.2, 0.25) is 0 Å². The highest BCUT2D eigenvalue weighted by Crippen LogP contribution is 2.55. The molecule has 2 fully saturated rings. The zero-order chi connectivity index (χ0) is 28.8. The van der Waals surface area contributed by atoms with E-state index >= 15 is 0 Å². The van der Waals surface area contributed by atoms with Gasteiger partial charge in [-0.1, -0.05) is 44.6 Å². The van der Waals surface area contributed by atoms with Crippen molar-refractivity contribution in [3.8, 4) is 5.75 Å². The number of rotatable bonds is 10. The maximum atomic E-state index is 12.9. The Morgan fingerprint density at radius 2 is 1.73 bits per heavy atom.